The van der Waals surface area contributed by atoms with Gasteiger partial charge in [0.15, 0.2) is 21.5 Å². The molecule has 3 aromatic carbocycles. The van der Waals surface area contributed by atoms with Gasteiger partial charge >= 0.3 is 0 Å². The lowest BCUT2D eigenvalue weighted by molar-refractivity contribution is 0.306. The zero-order valence-corrected chi connectivity index (χ0v) is 17.6. The summed E-state index contributed by atoms with van der Waals surface area (Å²) in [5.74, 6) is 1.29. The first kappa shape index (κ1) is 20.8. The fourth-order valence-electron chi connectivity index (χ4n) is 3.10. The molecule has 4 aromatic rings. The number of hydrogen-bond acceptors (Lipinski definition) is 5. The van der Waals surface area contributed by atoms with E-state index in [2.05, 4.69) is 4.98 Å². The Morgan fingerprint density at radius 2 is 1.58 bits per heavy atom. The predicted molar refractivity (Wildman–Crippen MR) is 116 cm³/mol. The van der Waals surface area contributed by atoms with Crippen molar-refractivity contribution in [2.45, 2.75) is 11.3 Å². The number of benzene rings is 3. The van der Waals surface area contributed by atoms with Crippen LogP contribution >= 0.6 is 0 Å². The van der Waals surface area contributed by atoms with Crippen molar-refractivity contribution in [2.24, 2.45) is 0 Å². The molecule has 0 aliphatic rings. The highest BCUT2D eigenvalue weighted by Gasteiger charge is 2.18. The molecule has 0 bridgehead atoms. The number of sulfone groups is 1. The summed E-state index contributed by atoms with van der Waals surface area (Å²) < 4.78 is 48.2. The number of rotatable bonds is 7. The highest BCUT2D eigenvalue weighted by molar-refractivity contribution is 7.90. The Bertz CT molecular complexity index is 1270. The third kappa shape index (κ3) is 5.00. The number of ether oxygens (including phenoxy) is 1. The van der Waals surface area contributed by atoms with Gasteiger partial charge < -0.3 is 9.15 Å². The zero-order chi connectivity index (χ0) is 21.8. The highest BCUT2D eigenvalue weighted by Crippen LogP contribution is 2.33. The van der Waals surface area contributed by atoms with Crippen LogP contribution in [-0.2, 0) is 16.3 Å². The normalized spacial score (nSPS) is 11.4. The molecule has 7 heteroatoms. The lowest BCUT2D eigenvalue weighted by atomic mass is 10.1. The van der Waals surface area contributed by atoms with Gasteiger partial charge in [0.1, 0.15) is 17.3 Å². The van der Waals surface area contributed by atoms with Crippen LogP contribution in [0.4, 0.5) is 4.39 Å². The quantitative estimate of drug-likeness (QED) is 0.399. The lowest BCUT2D eigenvalue weighted by Gasteiger charge is -2.04. The van der Waals surface area contributed by atoms with Crippen molar-refractivity contribution < 1.29 is 22.0 Å². The van der Waals surface area contributed by atoms with Crippen LogP contribution in [0.15, 0.2) is 88.2 Å². The molecular formula is C24H20FNO4S. The second-order valence-electron chi connectivity index (χ2n) is 7.00. The van der Waals surface area contributed by atoms with Crippen molar-refractivity contribution >= 4 is 9.84 Å². The first-order valence-electron chi connectivity index (χ1n) is 9.64. The summed E-state index contributed by atoms with van der Waals surface area (Å²) in [5.41, 5.74) is 2.29. The molecule has 0 saturated carbocycles. The summed E-state index contributed by atoms with van der Waals surface area (Å²) in [5, 5.41) is 0. The summed E-state index contributed by atoms with van der Waals surface area (Å²) in [6.07, 6.45) is 1.59. The van der Waals surface area contributed by atoms with E-state index in [9.17, 15) is 12.8 Å². The van der Waals surface area contributed by atoms with E-state index >= 15 is 0 Å². The number of halogens is 1. The Balaban J connectivity index is 1.61. The van der Waals surface area contributed by atoms with E-state index in [1.807, 2.05) is 30.3 Å². The zero-order valence-electron chi connectivity index (χ0n) is 16.8. The van der Waals surface area contributed by atoms with Crippen LogP contribution in [0.5, 0.6) is 5.75 Å². The van der Waals surface area contributed by atoms with E-state index in [0.717, 1.165) is 11.1 Å². The van der Waals surface area contributed by atoms with Crippen LogP contribution in [0.1, 0.15) is 5.89 Å². The summed E-state index contributed by atoms with van der Waals surface area (Å²) in [6.45, 7) is 0.312. The Morgan fingerprint density at radius 3 is 2.23 bits per heavy atom. The molecule has 0 unspecified atom stereocenters. The molecule has 1 heterocycles. The van der Waals surface area contributed by atoms with Crippen molar-refractivity contribution in [3.8, 4) is 28.3 Å². The maximum absolute atomic E-state index is 13.0. The SMILES string of the molecule is CS(=O)(=O)c1ccc(-c2oc(CCOc3ccc(F)cc3)nc2-c2ccccc2)cc1. The molecule has 0 spiro atoms. The maximum Gasteiger partial charge on any atom is 0.198 e. The van der Waals surface area contributed by atoms with Crippen molar-refractivity contribution in [3.05, 3.63) is 90.6 Å². The number of oxazole rings is 1. The molecule has 0 aliphatic heterocycles. The largest absolute Gasteiger partial charge is 0.493 e. The van der Waals surface area contributed by atoms with Gasteiger partial charge in [0.05, 0.1) is 17.9 Å². The number of aromatic nitrogens is 1. The standard InChI is InChI=1S/C24H20FNO4S/c1-31(27,28)21-13-7-18(8-14-21)24-23(17-5-3-2-4-6-17)26-22(30-24)15-16-29-20-11-9-19(25)10-12-20/h2-14H,15-16H2,1H3. The Labute approximate surface area is 180 Å². The minimum absolute atomic E-state index is 0.241. The van der Waals surface area contributed by atoms with Crippen LogP contribution < -0.4 is 4.74 Å². The fourth-order valence-corrected chi connectivity index (χ4v) is 3.73. The molecule has 0 aliphatic carbocycles. The van der Waals surface area contributed by atoms with Gasteiger partial charge in [-0.1, -0.05) is 30.3 Å². The first-order valence-corrected chi connectivity index (χ1v) is 11.5. The van der Waals surface area contributed by atoms with E-state index in [-0.39, 0.29) is 10.7 Å². The van der Waals surface area contributed by atoms with E-state index in [1.54, 1.807) is 36.4 Å². The topological polar surface area (TPSA) is 69.4 Å². The van der Waals surface area contributed by atoms with Crippen molar-refractivity contribution in [1.29, 1.82) is 0 Å². The van der Waals surface area contributed by atoms with Crippen LogP contribution in [0.3, 0.4) is 0 Å². The predicted octanol–water partition coefficient (Wildman–Crippen LogP) is 5.17. The van der Waals surface area contributed by atoms with Gasteiger partial charge in [-0.05, 0) is 48.5 Å². The average Bonchev–Trinajstić information content (AvgIpc) is 3.19. The van der Waals surface area contributed by atoms with Crippen molar-refractivity contribution in [3.63, 3.8) is 0 Å². The molecule has 31 heavy (non-hydrogen) atoms. The minimum Gasteiger partial charge on any atom is -0.493 e. The second-order valence-corrected chi connectivity index (χ2v) is 9.02. The lowest BCUT2D eigenvalue weighted by Crippen LogP contribution is -2.01. The van der Waals surface area contributed by atoms with Gasteiger partial charge in [-0.25, -0.2) is 17.8 Å². The monoisotopic (exact) mass is 437 g/mol. The molecule has 0 N–H and O–H groups in total. The van der Waals surface area contributed by atoms with E-state index in [4.69, 9.17) is 9.15 Å². The number of nitrogens with zero attached hydrogens (tertiary/aromatic N) is 1. The molecule has 0 atom stereocenters. The average molecular weight is 437 g/mol. The Kier molecular flexibility index (Phi) is 5.86. The smallest absolute Gasteiger partial charge is 0.198 e. The first-order chi connectivity index (χ1) is 14.9. The minimum atomic E-state index is -3.29. The molecule has 0 amide bonds. The van der Waals surface area contributed by atoms with Gasteiger partial charge in [0.2, 0.25) is 0 Å². The molecule has 0 saturated heterocycles. The number of hydrogen-bond donors (Lipinski definition) is 0. The molecule has 0 radical (unpaired) electrons. The summed E-state index contributed by atoms with van der Waals surface area (Å²) >= 11 is 0. The Hall–Kier alpha value is -3.45. The highest BCUT2D eigenvalue weighted by atomic mass is 32.2. The van der Waals surface area contributed by atoms with Gasteiger partial charge in [0.25, 0.3) is 0 Å². The van der Waals surface area contributed by atoms with Gasteiger partial charge in [-0.2, -0.15) is 0 Å². The molecular weight excluding hydrogens is 417 g/mol. The van der Waals surface area contributed by atoms with Crippen molar-refractivity contribution in [1.82, 2.24) is 4.98 Å². The summed E-state index contributed by atoms with van der Waals surface area (Å²) in [7, 11) is -3.29. The van der Waals surface area contributed by atoms with Crippen LogP contribution in [0, 0.1) is 5.82 Å². The molecule has 1 aromatic heterocycles. The third-order valence-corrected chi connectivity index (χ3v) is 5.79. The van der Waals surface area contributed by atoms with Gasteiger partial charge in [0, 0.05) is 17.4 Å². The van der Waals surface area contributed by atoms with E-state index in [1.165, 1.54) is 18.4 Å². The summed E-state index contributed by atoms with van der Waals surface area (Å²) in [4.78, 5) is 4.89. The molecule has 158 valence electrons. The van der Waals surface area contributed by atoms with Gasteiger partial charge in [-0.3, -0.25) is 0 Å². The van der Waals surface area contributed by atoms with Crippen LogP contribution in [-0.4, -0.2) is 26.3 Å². The van der Waals surface area contributed by atoms with Crippen molar-refractivity contribution in [2.75, 3.05) is 12.9 Å². The summed E-state index contributed by atoms with van der Waals surface area (Å²) in [6, 6.07) is 22.0. The second kappa shape index (κ2) is 8.73. The fraction of sp³-hybridized carbons (Fsp3) is 0.125. The van der Waals surface area contributed by atoms with Crippen LogP contribution in [0.25, 0.3) is 22.6 Å². The van der Waals surface area contributed by atoms with Gasteiger partial charge in [-0.15, -0.1) is 0 Å². The molecule has 4 rings (SSSR count). The van der Waals surface area contributed by atoms with E-state index < -0.39 is 9.84 Å². The third-order valence-electron chi connectivity index (χ3n) is 4.66. The Morgan fingerprint density at radius 1 is 0.903 bits per heavy atom. The van der Waals surface area contributed by atoms with Crippen LogP contribution in [0.2, 0.25) is 0 Å². The maximum atomic E-state index is 13.0. The molecule has 0 fully saturated rings. The molecule has 5 nitrogen and oxygen atoms in total. The van der Waals surface area contributed by atoms with E-state index in [0.29, 0.717) is 36.1 Å².